The number of pyridine rings is 1. The van der Waals surface area contributed by atoms with Crippen molar-refractivity contribution in [3.05, 3.63) is 86.3 Å². The van der Waals surface area contributed by atoms with Crippen molar-refractivity contribution in [2.75, 3.05) is 10.6 Å². The van der Waals surface area contributed by atoms with Crippen molar-refractivity contribution in [2.45, 2.75) is 19.3 Å². The average Bonchev–Trinajstić information content (AvgIpc) is 3.27. The molecule has 8 nitrogen and oxygen atoms in total. The number of hydrogen-bond acceptors (Lipinski definition) is 8. The molecule has 11 heteroatoms. The number of hydrogen-bond donors (Lipinski definition) is 2. The van der Waals surface area contributed by atoms with Crippen molar-refractivity contribution < 1.29 is 17.7 Å². The molecular weight excluding hydrogens is 415 g/mol. The van der Waals surface area contributed by atoms with Crippen molar-refractivity contribution in [1.29, 1.82) is 0 Å². The minimum Gasteiger partial charge on any atom is -0.376 e. The van der Waals surface area contributed by atoms with Crippen LogP contribution in [0.5, 0.6) is 0 Å². The number of nitrogens with one attached hydrogen (secondary N) is 2. The van der Waals surface area contributed by atoms with E-state index in [1.54, 1.807) is 0 Å². The van der Waals surface area contributed by atoms with Gasteiger partial charge in [0.05, 0.1) is 12.2 Å². The highest BCUT2D eigenvalue weighted by molar-refractivity contribution is 5.74. The number of alkyl halides is 3. The Balaban J connectivity index is 1.40. The van der Waals surface area contributed by atoms with Gasteiger partial charge in [0.2, 0.25) is 5.82 Å². The van der Waals surface area contributed by atoms with Gasteiger partial charge in [0.1, 0.15) is 11.4 Å². The summed E-state index contributed by atoms with van der Waals surface area (Å²) in [6, 6.07) is 12.4. The maximum atomic E-state index is 12.6. The molecule has 0 atom stereocenters. The average molecular weight is 429 g/mol. The SMILES string of the molecule is O=c1c(NCc2ccccc2)c(NCc2ccc(-c3noc(C(F)(F)F)n3)cn2)c1=O. The van der Waals surface area contributed by atoms with Crippen LogP contribution in [0, 0.1) is 0 Å². The van der Waals surface area contributed by atoms with Crippen molar-refractivity contribution in [3.63, 3.8) is 0 Å². The summed E-state index contributed by atoms with van der Waals surface area (Å²) in [5.41, 5.74) is 0.830. The van der Waals surface area contributed by atoms with Gasteiger partial charge >= 0.3 is 12.1 Å². The van der Waals surface area contributed by atoms with Crippen LogP contribution in [-0.4, -0.2) is 15.1 Å². The lowest BCUT2D eigenvalue weighted by Crippen LogP contribution is -2.37. The first-order valence-corrected chi connectivity index (χ1v) is 9.04. The number of benzene rings is 1. The minimum absolute atomic E-state index is 0.130. The molecule has 0 aliphatic heterocycles. The van der Waals surface area contributed by atoms with Crippen molar-refractivity contribution in [2.24, 2.45) is 0 Å². The quantitative estimate of drug-likeness (QED) is 0.432. The zero-order chi connectivity index (χ0) is 22.0. The molecule has 0 unspecified atom stereocenters. The summed E-state index contributed by atoms with van der Waals surface area (Å²) < 4.78 is 41.9. The van der Waals surface area contributed by atoms with E-state index in [4.69, 9.17) is 0 Å². The standard InChI is InChI=1S/C20H14F3N5O3/c21-20(22,23)19-27-18(28-31-19)12-6-7-13(24-9-12)10-26-15-14(16(29)17(15)30)25-8-11-4-2-1-3-5-11/h1-7,9,25-26H,8,10H2. The van der Waals surface area contributed by atoms with Gasteiger partial charge in [-0.3, -0.25) is 14.6 Å². The zero-order valence-electron chi connectivity index (χ0n) is 15.7. The zero-order valence-corrected chi connectivity index (χ0v) is 15.7. The Kier molecular flexibility index (Phi) is 5.24. The van der Waals surface area contributed by atoms with E-state index in [0.717, 1.165) is 5.56 Å². The second-order valence-electron chi connectivity index (χ2n) is 6.56. The molecule has 2 aromatic heterocycles. The first-order valence-electron chi connectivity index (χ1n) is 9.04. The molecule has 0 radical (unpaired) electrons. The highest BCUT2D eigenvalue weighted by atomic mass is 19.4. The molecule has 2 aromatic carbocycles. The van der Waals surface area contributed by atoms with Crippen LogP contribution in [0.25, 0.3) is 11.4 Å². The van der Waals surface area contributed by atoms with Crippen LogP contribution >= 0.6 is 0 Å². The van der Waals surface area contributed by atoms with Crippen LogP contribution in [0.4, 0.5) is 24.5 Å². The third kappa shape index (κ3) is 4.29. The Bertz CT molecular complexity index is 1260. The monoisotopic (exact) mass is 429 g/mol. The van der Waals surface area contributed by atoms with E-state index in [9.17, 15) is 22.8 Å². The summed E-state index contributed by atoms with van der Waals surface area (Å²) in [4.78, 5) is 31.1. The molecule has 31 heavy (non-hydrogen) atoms. The van der Waals surface area contributed by atoms with E-state index >= 15 is 0 Å². The van der Waals surface area contributed by atoms with E-state index in [-0.39, 0.29) is 29.3 Å². The van der Waals surface area contributed by atoms with Crippen LogP contribution < -0.4 is 21.5 Å². The van der Waals surface area contributed by atoms with E-state index in [1.165, 1.54) is 18.3 Å². The van der Waals surface area contributed by atoms with Gasteiger partial charge in [-0.1, -0.05) is 35.5 Å². The number of nitrogens with zero attached hydrogens (tertiary/aromatic N) is 3. The molecule has 0 aliphatic rings. The number of halogens is 3. The predicted molar refractivity (Wildman–Crippen MR) is 105 cm³/mol. The molecule has 0 saturated heterocycles. The van der Waals surface area contributed by atoms with Gasteiger partial charge in [-0.15, -0.1) is 0 Å². The summed E-state index contributed by atoms with van der Waals surface area (Å²) in [5.74, 6) is -1.68. The molecule has 2 heterocycles. The normalized spacial score (nSPS) is 11.6. The maximum Gasteiger partial charge on any atom is 0.471 e. The largest absolute Gasteiger partial charge is 0.471 e. The predicted octanol–water partition coefficient (Wildman–Crippen LogP) is 2.97. The molecule has 0 fully saturated rings. The first-order chi connectivity index (χ1) is 14.8. The summed E-state index contributed by atoms with van der Waals surface area (Å²) in [6.07, 6.45) is -3.44. The van der Waals surface area contributed by atoms with E-state index in [1.807, 2.05) is 30.3 Å². The fraction of sp³-hybridized carbons (Fsp3) is 0.150. The van der Waals surface area contributed by atoms with Gasteiger partial charge in [0.15, 0.2) is 0 Å². The van der Waals surface area contributed by atoms with Gasteiger partial charge in [-0.2, -0.15) is 18.2 Å². The fourth-order valence-corrected chi connectivity index (χ4v) is 2.81. The van der Waals surface area contributed by atoms with Gasteiger partial charge in [-0.05, 0) is 17.7 Å². The van der Waals surface area contributed by atoms with Gasteiger partial charge < -0.3 is 15.2 Å². The Hall–Kier alpha value is -4.02. The van der Waals surface area contributed by atoms with Crippen LogP contribution in [0.2, 0.25) is 0 Å². The molecule has 0 spiro atoms. The smallest absolute Gasteiger partial charge is 0.376 e. The maximum absolute atomic E-state index is 12.6. The van der Waals surface area contributed by atoms with Crippen LogP contribution in [0.3, 0.4) is 0 Å². The third-order valence-corrected chi connectivity index (χ3v) is 4.42. The van der Waals surface area contributed by atoms with E-state index in [2.05, 4.69) is 30.3 Å². The number of rotatable bonds is 7. The fourth-order valence-electron chi connectivity index (χ4n) is 2.81. The molecule has 158 valence electrons. The Morgan fingerprint density at radius 2 is 1.58 bits per heavy atom. The lowest BCUT2D eigenvalue weighted by atomic mass is 10.1. The molecule has 0 aliphatic carbocycles. The molecule has 2 N–H and O–H groups in total. The van der Waals surface area contributed by atoms with Crippen molar-refractivity contribution in [1.82, 2.24) is 15.1 Å². The number of anilines is 2. The van der Waals surface area contributed by atoms with Crippen LogP contribution in [-0.2, 0) is 19.3 Å². The van der Waals surface area contributed by atoms with Crippen LogP contribution in [0.1, 0.15) is 17.1 Å². The Morgan fingerprint density at radius 1 is 0.903 bits per heavy atom. The highest BCUT2D eigenvalue weighted by Crippen LogP contribution is 2.29. The summed E-state index contributed by atoms with van der Waals surface area (Å²) in [6.45, 7) is 0.517. The van der Waals surface area contributed by atoms with Gasteiger partial charge in [0.25, 0.3) is 10.9 Å². The lowest BCUT2D eigenvalue weighted by Gasteiger charge is -2.14. The molecule has 0 saturated carbocycles. The van der Waals surface area contributed by atoms with E-state index < -0.39 is 22.9 Å². The molecule has 0 bridgehead atoms. The minimum atomic E-state index is -4.73. The Labute approximate surface area is 172 Å². The highest BCUT2D eigenvalue weighted by Gasteiger charge is 2.38. The number of aromatic nitrogens is 3. The first kappa shape index (κ1) is 20.3. The molecular formula is C20H14F3N5O3. The third-order valence-electron chi connectivity index (χ3n) is 4.42. The lowest BCUT2D eigenvalue weighted by molar-refractivity contribution is -0.159. The van der Waals surface area contributed by atoms with Gasteiger partial charge in [-0.25, -0.2) is 0 Å². The summed E-state index contributed by atoms with van der Waals surface area (Å²) in [5, 5.41) is 9.12. The summed E-state index contributed by atoms with van der Waals surface area (Å²) >= 11 is 0. The molecule has 4 rings (SSSR count). The van der Waals surface area contributed by atoms with Crippen molar-refractivity contribution in [3.8, 4) is 11.4 Å². The second-order valence-corrected chi connectivity index (χ2v) is 6.56. The van der Waals surface area contributed by atoms with Gasteiger partial charge in [0, 0.05) is 18.3 Å². The van der Waals surface area contributed by atoms with Crippen LogP contribution in [0.15, 0.2) is 62.8 Å². The second kappa shape index (κ2) is 8.01. The molecule has 4 aromatic rings. The molecule has 0 amide bonds. The summed E-state index contributed by atoms with van der Waals surface area (Å²) in [7, 11) is 0. The van der Waals surface area contributed by atoms with E-state index in [0.29, 0.717) is 12.2 Å². The van der Waals surface area contributed by atoms with Crippen molar-refractivity contribution >= 4 is 11.4 Å². The Morgan fingerprint density at radius 3 is 2.16 bits per heavy atom. The topological polar surface area (TPSA) is 110 Å².